The quantitative estimate of drug-likeness (QED) is 0.385. The van der Waals surface area contributed by atoms with Gasteiger partial charge in [0.15, 0.2) is 5.65 Å². The van der Waals surface area contributed by atoms with E-state index < -0.39 is 77.8 Å². The summed E-state index contributed by atoms with van der Waals surface area (Å²) in [6, 6.07) is -2.03. The summed E-state index contributed by atoms with van der Waals surface area (Å²) >= 11 is 0. The van der Waals surface area contributed by atoms with E-state index in [0.717, 1.165) is 6.20 Å². The predicted molar refractivity (Wildman–Crippen MR) is 148 cm³/mol. The fraction of sp³-hybridized carbons (Fsp3) is 0.690. The SMILES string of the molecule is CC(C)(C)OC(=O)N[C@H](c1cn2ncc(C(O)C3CC(C(F)(F)F)N(C(=O)OC(C)(C)C)C3=O)cc2n1)C1CCC(F)(F)CC1. The number of ether oxygens (including phenoxy) is 2. The maximum atomic E-state index is 13.9. The van der Waals surface area contributed by atoms with Crippen molar-refractivity contribution in [2.45, 2.75) is 115 Å². The number of imide groups is 1. The molecule has 0 spiro atoms. The molecule has 0 bridgehead atoms. The van der Waals surface area contributed by atoms with Gasteiger partial charge in [0.05, 0.1) is 36.2 Å². The lowest BCUT2D eigenvalue weighted by Gasteiger charge is -2.33. The molecule has 2 aromatic rings. The highest BCUT2D eigenvalue weighted by atomic mass is 19.4. The molecule has 3 heterocycles. The van der Waals surface area contributed by atoms with E-state index in [9.17, 15) is 41.4 Å². The first-order chi connectivity index (χ1) is 20.5. The van der Waals surface area contributed by atoms with Gasteiger partial charge in [-0.25, -0.2) is 32.8 Å². The van der Waals surface area contributed by atoms with E-state index >= 15 is 0 Å². The van der Waals surface area contributed by atoms with Crippen molar-refractivity contribution in [3.8, 4) is 0 Å². The average molecular weight is 648 g/mol. The van der Waals surface area contributed by atoms with Crippen molar-refractivity contribution in [3.63, 3.8) is 0 Å². The molecule has 4 rings (SSSR count). The van der Waals surface area contributed by atoms with Gasteiger partial charge in [-0.3, -0.25) is 4.79 Å². The van der Waals surface area contributed by atoms with Crippen LogP contribution in [0, 0.1) is 11.8 Å². The summed E-state index contributed by atoms with van der Waals surface area (Å²) in [6.45, 7) is 9.33. The van der Waals surface area contributed by atoms with Crippen LogP contribution in [0.25, 0.3) is 5.65 Å². The van der Waals surface area contributed by atoms with E-state index in [1.54, 1.807) is 20.8 Å². The number of nitrogens with zero attached hydrogens (tertiary/aromatic N) is 4. The van der Waals surface area contributed by atoms with Crippen LogP contribution in [0.2, 0.25) is 0 Å². The highest BCUT2D eigenvalue weighted by Gasteiger charge is 2.58. The summed E-state index contributed by atoms with van der Waals surface area (Å²) in [7, 11) is 0. The molecule has 2 aromatic heterocycles. The molecule has 250 valence electrons. The number of likely N-dealkylation sites (tertiary alicyclic amines) is 1. The molecule has 4 atom stereocenters. The van der Waals surface area contributed by atoms with Crippen LogP contribution in [0.15, 0.2) is 18.5 Å². The van der Waals surface area contributed by atoms with Crippen molar-refractivity contribution in [2.75, 3.05) is 0 Å². The van der Waals surface area contributed by atoms with E-state index in [1.165, 1.54) is 37.5 Å². The third kappa shape index (κ3) is 8.19. The zero-order valence-electron chi connectivity index (χ0n) is 25.8. The number of imidazole rings is 1. The number of aliphatic hydroxyl groups is 1. The Balaban J connectivity index is 1.62. The lowest BCUT2D eigenvalue weighted by molar-refractivity contribution is -0.177. The second-order valence-electron chi connectivity index (χ2n) is 13.6. The molecule has 3 amide bonds. The molecule has 1 aliphatic heterocycles. The molecule has 1 saturated heterocycles. The number of aromatic nitrogens is 3. The number of amides is 3. The van der Waals surface area contributed by atoms with Crippen LogP contribution >= 0.6 is 0 Å². The van der Waals surface area contributed by atoms with Gasteiger partial charge in [-0.2, -0.15) is 18.3 Å². The van der Waals surface area contributed by atoms with Crippen LogP contribution in [0.3, 0.4) is 0 Å². The Morgan fingerprint density at radius 3 is 2.22 bits per heavy atom. The largest absolute Gasteiger partial charge is 0.444 e. The van der Waals surface area contributed by atoms with Gasteiger partial charge in [0.25, 0.3) is 0 Å². The first-order valence-electron chi connectivity index (χ1n) is 14.6. The van der Waals surface area contributed by atoms with Gasteiger partial charge in [0.1, 0.15) is 17.2 Å². The first kappa shape index (κ1) is 34.3. The molecule has 1 saturated carbocycles. The standard InChI is InChI=1S/C29H38F5N5O6/c1-26(2,3)44-24(42)37-21(15-7-9-28(30,31)10-8-15)18-14-38-20(36-18)11-16(13-35-38)22(40)17-12-19(29(32,33)34)39(23(17)41)25(43)45-27(4,5)6/h11,13-15,17,19,21-22,40H,7-10,12H2,1-6H3,(H,37,42)/t17?,19?,21-,22?/m0/s1. The lowest BCUT2D eigenvalue weighted by atomic mass is 9.81. The second-order valence-corrected chi connectivity index (χ2v) is 13.6. The summed E-state index contributed by atoms with van der Waals surface area (Å²) in [5, 5.41) is 18.0. The lowest BCUT2D eigenvalue weighted by Crippen LogP contribution is -2.48. The highest BCUT2D eigenvalue weighted by molar-refractivity contribution is 5.96. The Morgan fingerprint density at radius 2 is 1.67 bits per heavy atom. The monoisotopic (exact) mass is 647 g/mol. The number of aliphatic hydroxyl groups excluding tert-OH is 1. The van der Waals surface area contributed by atoms with Gasteiger partial charge in [-0.15, -0.1) is 0 Å². The van der Waals surface area contributed by atoms with E-state index in [1.807, 2.05) is 0 Å². The number of alkyl halides is 5. The summed E-state index contributed by atoms with van der Waals surface area (Å²) in [5.41, 5.74) is -1.67. The molecule has 45 heavy (non-hydrogen) atoms. The number of carbonyl (C=O) groups is 3. The van der Waals surface area contributed by atoms with E-state index in [4.69, 9.17) is 9.47 Å². The van der Waals surface area contributed by atoms with E-state index in [-0.39, 0.29) is 47.5 Å². The predicted octanol–water partition coefficient (Wildman–Crippen LogP) is 5.87. The van der Waals surface area contributed by atoms with Crippen molar-refractivity contribution >= 4 is 23.7 Å². The number of halogens is 5. The third-order valence-corrected chi connectivity index (χ3v) is 7.62. The fourth-order valence-electron chi connectivity index (χ4n) is 5.57. The Kier molecular flexibility index (Phi) is 9.14. The second kappa shape index (κ2) is 12.0. The Hall–Kier alpha value is -3.56. The average Bonchev–Trinajstić information content (AvgIpc) is 3.45. The minimum Gasteiger partial charge on any atom is -0.444 e. The van der Waals surface area contributed by atoms with Gasteiger partial charge >= 0.3 is 18.4 Å². The minimum absolute atomic E-state index is 0.000643. The fourth-order valence-corrected chi connectivity index (χ4v) is 5.57. The molecule has 0 aromatic carbocycles. The van der Waals surface area contributed by atoms with Gasteiger partial charge in [-0.05, 0) is 72.8 Å². The molecular weight excluding hydrogens is 609 g/mol. The normalized spacial score (nSPS) is 22.8. The highest BCUT2D eigenvalue weighted by Crippen LogP contribution is 2.43. The molecule has 16 heteroatoms. The van der Waals surface area contributed by atoms with Crippen LogP contribution in [0.4, 0.5) is 31.5 Å². The number of alkyl carbamates (subject to hydrolysis) is 1. The van der Waals surface area contributed by atoms with E-state index in [2.05, 4.69) is 15.4 Å². The van der Waals surface area contributed by atoms with E-state index in [0.29, 0.717) is 0 Å². The maximum Gasteiger partial charge on any atom is 0.417 e. The summed E-state index contributed by atoms with van der Waals surface area (Å²) in [4.78, 5) is 42.9. The van der Waals surface area contributed by atoms with Crippen LogP contribution in [-0.2, 0) is 14.3 Å². The number of hydrogen-bond donors (Lipinski definition) is 2. The van der Waals surface area contributed by atoms with Crippen LogP contribution in [-0.4, -0.2) is 72.0 Å². The molecule has 3 unspecified atom stereocenters. The molecule has 2 fully saturated rings. The van der Waals surface area contributed by atoms with Gasteiger partial charge in [-0.1, -0.05) is 0 Å². The molecule has 1 aliphatic carbocycles. The minimum atomic E-state index is -4.97. The maximum absolute atomic E-state index is 13.9. The van der Waals surface area contributed by atoms with Gasteiger partial charge in [0.2, 0.25) is 11.8 Å². The number of carbonyl (C=O) groups excluding carboxylic acids is 3. The van der Waals surface area contributed by atoms with Crippen molar-refractivity contribution < 1.29 is 50.9 Å². The number of hydrogen-bond acceptors (Lipinski definition) is 8. The smallest absolute Gasteiger partial charge is 0.417 e. The Morgan fingerprint density at radius 1 is 1.07 bits per heavy atom. The van der Waals surface area contributed by atoms with Crippen LogP contribution in [0.1, 0.15) is 97.0 Å². The van der Waals surface area contributed by atoms with Crippen LogP contribution in [0.5, 0.6) is 0 Å². The molecule has 0 radical (unpaired) electrons. The zero-order chi connectivity index (χ0) is 33.7. The molecule has 2 aliphatic rings. The van der Waals surface area contributed by atoms with Gasteiger partial charge < -0.3 is 19.9 Å². The zero-order valence-corrected chi connectivity index (χ0v) is 25.8. The van der Waals surface area contributed by atoms with Crippen molar-refractivity contribution in [2.24, 2.45) is 11.8 Å². The summed E-state index contributed by atoms with van der Waals surface area (Å²) in [5.74, 6) is -6.13. The van der Waals surface area contributed by atoms with Crippen molar-refractivity contribution in [3.05, 3.63) is 29.7 Å². The Bertz CT molecular complexity index is 1420. The Labute approximate surface area is 256 Å². The molecule has 11 nitrogen and oxygen atoms in total. The third-order valence-electron chi connectivity index (χ3n) is 7.62. The number of fused-ring (bicyclic) bond motifs is 1. The topological polar surface area (TPSA) is 135 Å². The van der Waals surface area contributed by atoms with Crippen LogP contribution < -0.4 is 5.32 Å². The molecular formula is C29H38F5N5O6. The number of rotatable bonds is 5. The summed E-state index contributed by atoms with van der Waals surface area (Å²) in [6.07, 6.45) is -7.86. The number of nitrogens with one attached hydrogen (secondary N) is 1. The summed E-state index contributed by atoms with van der Waals surface area (Å²) < 4.78 is 81.2. The first-order valence-corrected chi connectivity index (χ1v) is 14.6. The van der Waals surface area contributed by atoms with Crippen molar-refractivity contribution in [1.29, 1.82) is 0 Å². The van der Waals surface area contributed by atoms with Gasteiger partial charge in [0, 0.05) is 18.4 Å². The van der Waals surface area contributed by atoms with Crippen molar-refractivity contribution in [1.82, 2.24) is 24.8 Å². The molecule has 2 N–H and O–H groups in total.